The van der Waals surface area contributed by atoms with Crippen LogP contribution >= 0.6 is 0 Å². The number of aromatic nitrogens is 1. The lowest BCUT2D eigenvalue weighted by Crippen LogP contribution is -2.11. The Balaban J connectivity index is 2.10. The maximum atomic E-state index is 13.6. The molecule has 4 nitrogen and oxygen atoms in total. The highest BCUT2D eigenvalue weighted by Crippen LogP contribution is 2.38. The molecule has 0 saturated heterocycles. The van der Waals surface area contributed by atoms with Gasteiger partial charge in [0.15, 0.2) is 0 Å². The number of nitrogens with zero attached hydrogens (tertiary/aromatic N) is 1. The molecule has 4 aromatic rings. The van der Waals surface area contributed by atoms with Gasteiger partial charge in [-0.1, -0.05) is 30.3 Å². The predicted octanol–water partition coefficient (Wildman–Crippen LogP) is 5.09. The number of benzene rings is 2. The molecule has 4 rings (SSSR count). The van der Waals surface area contributed by atoms with Crippen LogP contribution in [0.1, 0.15) is 16.2 Å². The topological polar surface area (TPSA) is 55.4 Å². The van der Waals surface area contributed by atoms with Crippen LogP contribution in [0.25, 0.3) is 27.6 Å². The zero-order chi connectivity index (χ0) is 17.8. The molecule has 0 aliphatic carbocycles. The fraction of sp³-hybridized carbons (Fsp3) is 0.0556. The van der Waals surface area contributed by atoms with E-state index in [9.17, 15) is 18.0 Å². The number of fused-ring (bicyclic) bond motifs is 3. The third-order valence-electron chi connectivity index (χ3n) is 4.02. The molecule has 0 spiro atoms. The molecule has 2 heterocycles. The molecule has 1 N–H and O–H groups in total. The summed E-state index contributed by atoms with van der Waals surface area (Å²) in [4.78, 5) is 11.0. The van der Waals surface area contributed by atoms with Crippen molar-refractivity contribution in [1.29, 1.82) is 0 Å². The molecule has 0 unspecified atom stereocenters. The minimum absolute atomic E-state index is 0.199. The van der Waals surface area contributed by atoms with Gasteiger partial charge in [-0.05, 0) is 29.0 Å². The van der Waals surface area contributed by atoms with Crippen molar-refractivity contribution in [3.63, 3.8) is 0 Å². The molecule has 0 radical (unpaired) electrons. The fourth-order valence-corrected chi connectivity index (χ4v) is 2.97. The summed E-state index contributed by atoms with van der Waals surface area (Å²) < 4.78 is 46.7. The first kappa shape index (κ1) is 15.3. The average Bonchev–Trinajstić information content (AvgIpc) is 3.18. The van der Waals surface area contributed by atoms with Crippen LogP contribution in [0.5, 0.6) is 0 Å². The van der Waals surface area contributed by atoms with Gasteiger partial charge in [-0.25, -0.2) is 4.79 Å². The molecule has 25 heavy (non-hydrogen) atoms. The van der Waals surface area contributed by atoms with Crippen LogP contribution < -0.4 is 0 Å². The van der Waals surface area contributed by atoms with Gasteiger partial charge in [0.2, 0.25) is 11.6 Å². The van der Waals surface area contributed by atoms with Gasteiger partial charge < -0.3 is 9.52 Å². The Morgan fingerprint density at radius 3 is 2.44 bits per heavy atom. The number of carboxylic acid groups (broad SMARTS) is 1. The summed E-state index contributed by atoms with van der Waals surface area (Å²) in [5, 5.41) is 10.9. The number of carboxylic acids is 1. The first-order valence-electron chi connectivity index (χ1n) is 7.30. The normalized spacial score (nSPS) is 12.1. The molecule has 2 aromatic heterocycles. The first-order valence-corrected chi connectivity index (χ1v) is 7.30. The first-order chi connectivity index (χ1) is 11.9. The number of furan rings is 1. The summed E-state index contributed by atoms with van der Waals surface area (Å²) in [6, 6.07) is 13.8. The van der Waals surface area contributed by atoms with E-state index in [0.717, 1.165) is 22.1 Å². The van der Waals surface area contributed by atoms with Crippen molar-refractivity contribution in [1.82, 2.24) is 4.57 Å². The summed E-state index contributed by atoms with van der Waals surface area (Å²) in [6.07, 6.45) is -4.63. The van der Waals surface area contributed by atoms with Crippen molar-refractivity contribution < 1.29 is 27.5 Å². The zero-order valence-corrected chi connectivity index (χ0v) is 12.5. The van der Waals surface area contributed by atoms with Crippen molar-refractivity contribution in [2.45, 2.75) is 6.18 Å². The zero-order valence-electron chi connectivity index (χ0n) is 12.5. The molecule has 0 saturated carbocycles. The fourth-order valence-electron chi connectivity index (χ4n) is 2.97. The Bertz CT molecular complexity index is 1120. The maximum absolute atomic E-state index is 13.6. The van der Waals surface area contributed by atoms with Crippen LogP contribution in [-0.4, -0.2) is 15.6 Å². The molecular weight excluding hydrogens is 335 g/mol. The number of hydrogen-bond acceptors (Lipinski definition) is 2. The van der Waals surface area contributed by atoms with Crippen molar-refractivity contribution in [2.75, 3.05) is 0 Å². The third-order valence-corrected chi connectivity index (χ3v) is 4.02. The number of aromatic carboxylic acids is 1. The molecule has 2 aromatic carbocycles. The minimum atomic E-state index is -4.63. The predicted molar refractivity (Wildman–Crippen MR) is 85.0 cm³/mol. The lowest BCUT2D eigenvalue weighted by molar-refractivity contribution is -0.142. The van der Waals surface area contributed by atoms with E-state index in [1.165, 1.54) is 6.07 Å². The quantitative estimate of drug-likeness (QED) is 0.550. The highest BCUT2D eigenvalue weighted by Gasteiger charge is 2.37. The summed E-state index contributed by atoms with van der Waals surface area (Å²) in [5.41, 5.74) is -0.637. The monoisotopic (exact) mass is 345 g/mol. The van der Waals surface area contributed by atoms with Crippen molar-refractivity contribution >= 4 is 27.6 Å². The Morgan fingerprint density at radius 1 is 1.00 bits per heavy atom. The molecule has 7 heteroatoms. The molecule has 126 valence electrons. The molecular formula is C18H10F3NO3. The average molecular weight is 345 g/mol. The number of rotatable bonds is 2. The smallest absolute Gasteiger partial charge is 0.431 e. The summed E-state index contributed by atoms with van der Waals surface area (Å²) in [6.45, 7) is 0. The Hall–Kier alpha value is -3.22. The number of alkyl halides is 3. The van der Waals surface area contributed by atoms with Crippen molar-refractivity contribution in [3.05, 3.63) is 66.1 Å². The lowest BCUT2D eigenvalue weighted by Gasteiger charge is -2.10. The van der Waals surface area contributed by atoms with Gasteiger partial charge in [0.1, 0.15) is 5.69 Å². The van der Waals surface area contributed by atoms with E-state index in [1.54, 1.807) is 24.3 Å². The lowest BCUT2D eigenvalue weighted by atomic mass is 10.1. The SMILES string of the molecule is O=C(O)c1ccc(-n2c(C(F)(F)F)cc3c4ccccc4ccc32)o1. The van der Waals surface area contributed by atoms with Gasteiger partial charge in [-0.15, -0.1) is 0 Å². The van der Waals surface area contributed by atoms with Crippen LogP contribution in [0.15, 0.2) is 59.0 Å². The summed E-state index contributed by atoms with van der Waals surface area (Å²) in [5.74, 6) is -1.97. The highest BCUT2D eigenvalue weighted by molar-refractivity contribution is 6.07. The number of hydrogen-bond donors (Lipinski definition) is 1. The van der Waals surface area contributed by atoms with E-state index in [4.69, 9.17) is 9.52 Å². The largest absolute Gasteiger partial charge is 0.475 e. The van der Waals surface area contributed by atoms with Crippen LogP contribution in [-0.2, 0) is 6.18 Å². The van der Waals surface area contributed by atoms with Crippen molar-refractivity contribution in [2.24, 2.45) is 0 Å². The molecule has 0 amide bonds. The molecule has 0 aliphatic heterocycles. The van der Waals surface area contributed by atoms with Gasteiger partial charge in [-0.2, -0.15) is 13.2 Å². The molecule has 0 atom stereocenters. The Labute approximate surface area is 138 Å². The second-order valence-corrected chi connectivity index (χ2v) is 5.53. The van der Waals surface area contributed by atoms with E-state index in [-0.39, 0.29) is 11.4 Å². The Kier molecular flexibility index (Phi) is 3.15. The van der Waals surface area contributed by atoms with Crippen molar-refractivity contribution in [3.8, 4) is 5.88 Å². The minimum Gasteiger partial charge on any atom is -0.475 e. The second kappa shape index (κ2) is 5.14. The van der Waals surface area contributed by atoms with Crippen LogP contribution in [0.3, 0.4) is 0 Å². The van der Waals surface area contributed by atoms with E-state index >= 15 is 0 Å². The van der Waals surface area contributed by atoms with Gasteiger partial charge in [0.25, 0.3) is 0 Å². The third kappa shape index (κ3) is 2.36. The van der Waals surface area contributed by atoms with E-state index in [2.05, 4.69) is 0 Å². The standard InChI is InChI=1S/C18H10F3NO3/c19-18(20,21)15-9-12-11-4-2-1-3-10(11)5-6-13(12)22(15)16-8-7-14(25-16)17(23)24/h1-9H,(H,23,24). The molecule has 0 bridgehead atoms. The van der Waals surface area contributed by atoms with E-state index in [0.29, 0.717) is 10.8 Å². The van der Waals surface area contributed by atoms with Gasteiger partial charge in [-0.3, -0.25) is 4.57 Å². The van der Waals surface area contributed by atoms with Crippen LogP contribution in [0.4, 0.5) is 13.2 Å². The molecule has 0 fully saturated rings. The number of carbonyl (C=O) groups is 1. The number of halogens is 3. The van der Waals surface area contributed by atoms with Crippen LogP contribution in [0.2, 0.25) is 0 Å². The highest BCUT2D eigenvalue weighted by atomic mass is 19.4. The summed E-state index contributed by atoms with van der Waals surface area (Å²) >= 11 is 0. The summed E-state index contributed by atoms with van der Waals surface area (Å²) in [7, 11) is 0. The van der Waals surface area contributed by atoms with E-state index < -0.39 is 23.6 Å². The second-order valence-electron chi connectivity index (χ2n) is 5.53. The molecule has 0 aliphatic rings. The maximum Gasteiger partial charge on any atom is 0.431 e. The van der Waals surface area contributed by atoms with E-state index in [1.807, 2.05) is 12.1 Å². The van der Waals surface area contributed by atoms with Gasteiger partial charge in [0, 0.05) is 11.5 Å². The van der Waals surface area contributed by atoms with Crippen LogP contribution in [0, 0.1) is 0 Å². The Morgan fingerprint density at radius 2 is 1.76 bits per heavy atom. The van der Waals surface area contributed by atoms with Gasteiger partial charge >= 0.3 is 12.1 Å². The van der Waals surface area contributed by atoms with Gasteiger partial charge in [0.05, 0.1) is 5.52 Å².